The number of carbonyl (C=O) groups excluding carboxylic acids is 4. The van der Waals surface area contributed by atoms with E-state index >= 15 is 0 Å². The molecule has 0 aliphatic heterocycles. The van der Waals surface area contributed by atoms with Gasteiger partial charge in [-0.15, -0.1) is 0 Å². The van der Waals surface area contributed by atoms with Crippen LogP contribution in [0.5, 0.6) is 0 Å². The van der Waals surface area contributed by atoms with Crippen LogP contribution in [0.1, 0.15) is 33.1 Å². The number of hydrogen-bond donors (Lipinski definition) is 8. The number of nitrogens with two attached hydrogens (primary N) is 2. The zero-order valence-corrected chi connectivity index (χ0v) is 17.0. The number of amides is 4. The SMILES string of the molecule is CC(C)CC(NC(=O)C(CCC(N)=O)NC(=O)C(CO)NC(=O)C(N)CO)C(=O)O. The predicted molar refractivity (Wildman–Crippen MR) is 103 cm³/mol. The van der Waals surface area contributed by atoms with E-state index in [0.29, 0.717) is 0 Å². The molecule has 0 aromatic heterocycles. The Kier molecular flexibility index (Phi) is 12.2. The monoisotopic (exact) mass is 433 g/mol. The lowest BCUT2D eigenvalue weighted by molar-refractivity contribution is -0.143. The van der Waals surface area contributed by atoms with E-state index in [1.807, 2.05) is 0 Å². The molecule has 0 aliphatic rings. The summed E-state index contributed by atoms with van der Waals surface area (Å²) in [7, 11) is 0. The summed E-state index contributed by atoms with van der Waals surface area (Å²) in [5.41, 5.74) is 10.4. The topological polar surface area (TPSA) is 234 Å². The first-order chi connectivity index (χ1) is 13.9. The summed E-state index contributed by atoms with van der Waals surface area (Å²) in [6, 6.07) is -5.39. The molecule has 13 heteroatoms. The van der Waals surface area contributed by atoms with Crippen molar-refractivity contribution in [2.24, 2.45) is 17.4 Å². The van der Waals surface area contributed by atoms with E-state index in [0.717, 1.165) is 0 Å². The molecular formula is C17H31N5O8. The van der Waals surface area contributed by atoms with Crippen LogP contribution in [0.3, 0.4) is 0 Å². The van der Waals surface area contributed by atoms with Gasteiger partial charge in [0, 0.05) is 6.42 Å². The second-order valence-electron chi connectivity index (χ2n) is 7.13. The first-order valence-corrected chi connectivity index (χ1v) is 9.32. The van der Waals surface area contributed by atoms with Crippen LogP contribution < -0.4 is 27.4 Å². The van der Waals surface area contributed by atoms with Gasteiger partial charge in [0.2, 0.25) is 23.6 Å². The summed E-state index contributed by atoms with van der Waals surface area (Å²) in [4.78, 5) is 59.1. The van der Waals surface area contributed by atoms with Gasteiger partial charge in [0.05, 0.1) is 13.2 Å². The van der Waals surface area contributed by atoms with E-state index in [4.69, 9.17) is 16.6 Å². The van der Waals surface area contributed by atoms with Crippen LogP contribution in [0.25, 0.3) is 0 Å². The average molecular weight is 433 g/mol. The second kappa shape index (κ2) is 13.5. The van der Waals surface area contributed by atoms with E-state index < -0.39 is 67.0 Å². The van der Waals surface area contributed by atoms with Crippen LogP contribution in [0.4, 0.5) is 0 Å². The molecule has 0 saturated carbocycles. The predicted octanol–water partition coefficient (Wildman–Crippen LogP) is -3.85. The van der Waals surface area contributed by atoms with Gasteiger partial charge >= 0.3 is 5.97 Å². The van der Waals surface area contributed by atoms with Gasteiger partial charge < -0.3 is 42.7 Å². The lowest BCUT2D eigenvalue weighted by Gasteiger charge is -2.24. The zero-order valence-electron chi connectivity index (χ0n) is 17.0. The molecule has 0 fully saturated rings. The van der Waals surface area contributed by atoms with Gasteiger partial charge in [-0.1, -0.05) is 13.8 Å². The highest BCUT2D eigenvalue weighted by atomic mass is 16.4. The average Bonchev–Trinajstić information content (AvgIpc) is 2.66. The number of hydrogen-bond acceptors (Lipinski definition) is 8. The van der Waals surface area contributed by atoms with Crippen molar-refractivity contribution < 1.29 is 39.3 Å². The maximum Gasteiger partial charge on any atom is 0.326 e. The normalized spacial score (nSPS) is 14.9. The molecule has 0 aromatic rings. The van der Waals surface area contributed by atoms with Crippen LogP contribution in [0.2, 0.25) is 0 Å². The fourth-order valence-electron chi connectivity index (χ4n) is 2.35. The first kappa shape index (κ1) is 27.2. The summed E-state index contributed by atoms with van der Waals surface area (Å²) in [6.07, 6.45) is -0.388. The highest BCUT2D eigenvalue weighted by Crippen LogP contribution is 2.07. The number of aliphatic hydroxyl groups excluding tert-OH is 2. The Balaban J connectivity index is 5.32. The van der Waals surface area contributed by atoms with Gasteiger partial charge in [-0.05, 0) is 18.8 Å². The number of aliphatic carboxylic acids is 1. The number of aliphatic hydroxyl groups is 2. The van der Waals surface area contributed by atoms with Crippen LogP contribution in [-0.4, -0.2) is 82.3 Å². The van der Waals surface area contributed by atoms with Crippen molar-refractivity contribution in [3.8, 4) is 0 Å². The number of carboxylic acids is 1. The van der Waals surface area contributed by atoms with Gasteiger partial charge in [0.25, 0.3) is 0 Å². The van der Waals surface area contributed by atoms with Crippen molar-refractivity contribution in [1.29, 1.82) is 0 Å². The molecule has 0 aromatic carbocycles. The number of rotatable bonds is 14. The number of primary amides is 1. The number of nitrogens with one attached hydrogen (secondary N) is 3. The minimum absolute atomic E-state index is 0.0465. The van der Waals surface area contributed by atoms with Crippen LogP contribution in [-0.2, 0) is 24.0 Å². The van der Waals surface area contributed by atoms with Crippen LogP contribution in [0.15, 0.2) is 0 Å². The second-order valence-corrected chi connectivity index (χ2v) is 7.13. The molecule has 0 spiro atoms. The van der Waals surface area contributed by atoms with E-state index in [1.165, 1.54) is 0 Å². The fraction of sp³-hybridized carbons (Fsp3) is 0.706. The van der Waals surface area contributed by atoms with Crippen LogP contribution in [0, 0.1) is 5.92 Å². The molecule has 13 nitrogen and oxygen atoms in total. The number of carbonyl (C=O) groups is 5. The van der Waals surface area contributed by atoms with Gasteiger partial charge in [-0.2, -0.15) is 0 Å². The smallest absolute Gasteiger partial charge is 0.326 e. The molecule has 0 rings (SSSR count). The molecule has 4 atom stereocenters. The molecule has 4 unspecified atom stereocenters. The molecule has 0 bridgehead atoms. The fourth-order valence-corrected chi connectivity index (χ4v) is 2.35. The van der Waals surface area contributed by atoms with Crippen molar-refractivity contribution in [3.05, 3.63) is 0 Å². The van der Waals surface area contributed by atoms with Crippen molar-refractivity contribution in [2.75, 3.05) is 13.2 Å². The van der Waals surface area contributed by atoms with Gasteiger partial charge in [-0.25, -0.2) is 4.79 Å². The van der Waals surface area contributed by atoms with Crippen LogP contribution >= 0.6 is 0 Å². The minimum Gasteiger partial charge on any atom is -0.480 e. The lowest BCUT2D eigenvalue weighted by atomic mass is 10.0. The van der Waals surface area contributed by atoms with E-state index in [9.17, 15) is 34.2 Å². The highest BCUT2D eigenvalue weighted by molar-refractivity contribution is 5.94. The minimum atomic E-state index is -1.50. The Labute approximate surface area is 173 Å². The van der Waals surface area contributed by atoms with Crippen molar-refractivity contribution in [2.45, 2.75) is 57.3 Å². The van der Waals surface area contributed by atoms with E-state index in [1.54, 1.807) is 13.8 Å². The van der Waals surface area contributed by atoms with Gasteiger partial charge in [0.15, 0.2) is 0 Å². The third kappa shape index (κ3) is 10.1. The summed E-state index contributed by atoms with van der Waals surface area (Å²) in [5, 5.41) is 34.1. The zero-order chi connectivity index (χ0) is 23.4. The van der Waals surface area contributed by atoms with Crippen molar-refractivity contribution in [3.63, 3.8) is 0 Å². The lowest BCUT2D eigenvalue weighted by Crippen LogP contribution is -2.58. The molecular weight excluding hydrogens is 402 g/mol. The standard InChI is InChI=1S/C17H31N5O8/c1-8(2)5-11(17(29)30)21-15(27)10(3-4-13(19)25)20-16(28)12(7-24)22-14(26)9(18)6-23/h8-12,23-24H,3-7,18H2,1-2H3,(H2,19,25)(H,20,28)(H,21,27)(H,22,26)(H,29,30). The molecule has 4 amide bonds. The molecule has 0 heterocycles. The van der Waals surface area contributed by atoms with Gasteiger partial charge in [-0.3, -0.25) is 19.2 Å². The summed E-state index contributed by atoms with van der Waals surface area (Å²) < 4.78 is 0. The first-order valence-electron chi connectivity index (χ1n) is 9.32. The quantitative estimate of drug-likeness (QED) is 0.134. The largest absolute Gasteiger partial charge is 0.480 e. The Bertz CT molecular complexity index is 627. The molecule has 0 saturated heterocycles. The molecule has 0 aliphatic carbocycles. The van der Waals surface area contributed by atoms with Crippen molar-refractivity contribution >= 4 is 29.6 Å². The molecule has 30 heavy (non-hydrogen) atoms. The summed E-state index contributed by atoms with van der Waals surface area (Å²) >= 11 is 0. The summed E-state index contributed by atoms with van der Waals surface area (Å²) in [5.74, 6) is -4.82. The molecule has 10 N–H and O–H groups in total. The Morgan fingerprint density at radius 1 is 0.833 bits per heavy atom. The third-order valence-electron chi connectivity index (χ3n) is 3.98. The Morgan fingerprint density at radius 3 is 1.77 bits per heavy atom. The maximum atomic E-state index is 12.5. The van der Waals surface area contributed by atoms with E-state index in [2.05, 4.69) is 16.0 Å². The molecule has 0 radical (unpaired) electrons. The molecule has 172 valence electrons. The van der Waals surface area contributed by atoms with E-state index in [-0.39, 0.29) is 25.2 Å². The highest BCUT2D eigenvalue weighted by Gasteiger charge is 2.30. The van der Waals surface area contributed by atoms with Crippen molar-refractivity contribution in [1.82, 2.24) is 16.0 Å². The Morgan fingerprint density at radius 2 is 1.33 bits per heavy atom. The maximum absolute atomic E-state index is 12.5. The number of carboxylic acid groups (broad SMARTS) is 1. The summed E-state index contributed by atoms with van der Waals surface area (Å²) in [6.45, 7) is 1.99. The Hall–Kier alpha value is -2.77. The third-order valence-corrected chi connectivity index (χ3v) is 3.98. The van der Waals surface area contributed by atoms with Gasteiger partial charge in [0.1, 0.15) is 24.2 Å².